The van der Waals surface area contributed by atoms with Crippen molar-refractivity contribution in [1.82, 2.24) is 0 Å². The van der Waals surface area contributed by atoms with Crippen LogP contribution >= 0.6 is 0 Å². The number of hydrogen-bond acceptors (Lipinski definition) is 2. The number of Topliss-reactive ketones (excluding diaryl/α,β-unsaturated/α-hetero) is 2. The van der Waals surface area contributed by atoms with E-state index in [1.165, 1.54) is 0 Å². The van der Waals surface area contributed by atoms with E-state index in [4.69, 9.17) is 0 Å². The Kier molecular flexibility index (Phi) is 7.27. The lowest BCUT2D eigenvalue weighted by molar-refractivity contribution is -0.118. The average molecular weight is 212 g/mol. The van der Waals surface area contributed by atoms with E-state index in [0.717, 1.165) is 19.3 Å². The molecule has 0 aliphatic carbocycles. The van der Waals surface area contributed by atoms with Gasteiger partial charge in [-0.3, -0.25) is 0 Å². The summed E-state index contributed by atoms with van der Waals surface area (Å²) in [4.78, 5) is 22.1. The van der Waals surface area contributed by atoms with Crippen LogP contribution in [0.1, 0.15) is 59.8 Å². The van der Waals surface area contributed by atoms with Crippen LogP contribution in [0.25, 0.3) is 0 Å². The summed E-state index contributed by atoms with van der Waals surface area (Å²) >= 11 is 0. The second-order valence-electron chi connectivity index (χ2n) is 4.60. The molecule has 2 heteroatoms. The van der Waals surface area contributed by atoms with Gasteiger partial charge in [-0.2, -0.15) is 0 Å². The Hall–Kier alpha value is -0.660. The monoisotopic (exact) mass is 212 g/mol. The van der Waals surface area contributed by atoms with Crippen LogP contribution in [-0.2, 0) is 9.59 Å². The molecular formula is C13H24O2. The Morgan fingerprint density at radius 3 is 1.40 bits per heavy atom. The molecule has 0 fully saturated rings. The van der Waals surface area contributed by atoms with E-state index in [2.05, 4.69) is 13.8 Å². The van der Waals surface area contributed by atoms with Gasteiger partial charge in [0.15, 0.2) is 0 Å². The first-order valence-corrected chi connectivity index (χ1v) is 5.98. The van der Waals surface area contributed by atoms with Crippen LogP contribution in [0.2, 0.25) is 0 Å². The van der Waals surface area contributed by atoms with Gasteiger partial charge in [-0.05, 0) is 32.1 Å². The maximum atomic E-state index is 11.0. The highest BCUT2D eigenvalue weighted by molar-refractivity contribution is 5.76. The predicted molar refractivity (Wildman–Crippen MR) is 62.8 cm³/mol. The minimum atomic E-state index is 0.263. The van der Waals surface area contributed by atoms with Gasteiger partial charge < -0.3 is 9.59 Å². The van der Waals surface area contributed by atoms with E-state index in [9.17, 15) is 9.59 Å². The van der Waals surface area contributed by atoms with Crippen molar-refractivity contribution in [1.29, 1.82) is 0 Å². The zero-order valence-electron chi connectivity index (χ0n) is 10.5. The molecule has 0 radical (unpaired) electrons. The van der Waals surface area contributed by atoms with Crippen molar-refractivity contribution in [3.8, 4) is 0 Å². The molecule has 0 aliphatic heterocycles. The molecule has 2 atom stereocenters. The summed E-state index contributed by atoms with van der Waals surface area (Å²) in [7, 11) is 0. The van der Waals surface area contributed by atoms with Gasteiger partial charge in [0.05, 0.1) is 0 Å². The Balaban J connectivity index is 4.10. The highest BCUT2D eigenvalue weighted by Gasteiger charge is 2.16. The van der Waals surface area contributed by atoms with Crippen molar-refractivity contribution in [2.24, 2.45) is 11.8 Å². The van der Waals surface area contributed by atoms with Gasteiger partial charge in [0, 0.05) is 12.8 Å². The molecule has 0 heterocycles. The van der Waals surface area contributed by atoms with Gasteiger partial charge in [0.2, 0.25) is 0 Å². The van der Waals surface area contributed by atoms with E-state index in [-0.39, 0.29) is 11.6 Å². The Labute approximate surface area is 93.4 Å². The van der Waals surface area contributed by atoms with Crippen LogP contribution < -0.4 is 0 Å². The Bertz CT molecular complexity index is 187. The van der Waals surface area contributed by atoms with Crippen LogP contribution in [0.4, 0.5) is 0 Å². The molecule has 0 aromatic rings. The quantitative estimate of drug-likeness (QED) is 0.618. The van der Waals surface area contributed by atoms with E-state index >= 15 is 0 Å². The summed E-state index contributed by atoms with van der Waals surface area (Å²) < 4.78 is 0. The second kappa shape index (κ2) is 7.61. The minimum absolute atomic E-state index is 0.263. The fourth-order valence-corrected chi connectivity index (χ4v) is 2.07. The maximum Gasteiger partial charge on any atom is 0.130 e. The molecule has 88 valence electrons. The molecule has 2 unspecified atom stereocenters. The predicted octanol–water partition coefficient (Wildman–Crippen LogP) is 3.39. The average Bonchev–Trinajstić information content (AvgIpc) is 2.14. The molecular weight excluding hydrogens is 188 g/mol. The van der Waals surface area contributed by atoms with Crippen molar-refractivity contribution < 1.29 is 9.59 Å². The maximum absolute atomic E-state index is 11.0. The summed E-state index contributed by atoms with van der Waals surface area (Å²) in [6.45, 7) is 7.53. The Morgan fingerprint density at radius 1 is 0.867 bits per heavy atom. The SMILES string of the molecule is CCC(CC(C)=O)CC(CC)CC(C)=O. The molecule has 0 N–H and O–H groups in total. The number of carbonyl (C=O) groups excluding carboxylic acids is 2. The molecule has 0 saturated carbocycles. The lowest BCUT2D eigenvalue weighted by Crippen LogP contribution is -2.13. The topological polar surface area (TPSA) is 34.1 Å². The lowest BCUT2D eigenvalue weighted by Gasteiger charge is -2.19. The molecule has 0 bridgehead atoms. The van der Waals surface area contributed by atoms with E-state index in [1.807, 2.05) is 0 Å². The van der Waals surface area contributed by atoms with Gasteiger partial charge >= 0.3 is 0 Å². The van der Waals surface area contributed by atoms with Crippen LogP contribution in [0, 0.1) is 11.8 Å². The van der Waals surface area contributed by atoms with Gasteiger partial charge in [0.1, 0.15) is 11.6 Å². The Morgan fingerprint density at radius 2 is 1.20 bits per heavy atom. The number of rotatable bonds is 8. The molecule has 15 heavy (non-hydrogen) atoms. The van der Waals surface area contributed by atoms with Gasteiger partial charge in [-0.15, -0.1) is 0 Å². The third kappa shape index (κ3) is 7.29. The fourth-order valence-electron chi connectivity index (χ4n) is 2.07. The summed E-state index contributed by atoms with van der Waals surface area (Å²) in [6.07, 6.45) is 4.43. The highest BCUT2D eigenvalue weighted by Crippen LogP contribution is 2.24. The first-order chi connectivity index (χ1) is 6.99. The summed E-state index contributed by atoms with van der Waals surface area (Å²) in [5.41, 5.74) is 0. The van der Waals surface area contributed by atoms with Crippen molar-refractivity contribution in [3.63, 3.8) is 0 Å². The first kappa shape index (κ1) is 14.3. The van der Waals surface area contributed by atoms with Crippen LogP contribution in [-0.4, -0.2) is 11.6 Å². The van der Waals surface area contributed by atoms with Crippen LogP contribution in [0.15, 0.2) is 0 Å². The number of ketones is 2. The standard InChI is InChI=1S/C13H24O2/c1-5-12(7-10(3)14)9-13(6-2)8-11(4)15/h12-13H,5-9H2,1-4H3. The largest absolute Gasteiger partial charge is 0.300 e. The van der Waals surface area contributed by atoms with Crippen molar-refractivity contribution in [2.45, 2.75) is 59.8 Å². The molecule has 0 aliphatic rings. The summed E-state index contributed by atoms with van der Waals surface area (Å²) in [6, 6.07) is 0. The van der Waals surface area contributed by atoms with Crippen molar-refractivity contribution in [2.75, 3.05) is 0 Å². The van der Waals surface area contributed by atoms with Crippen LogP contribution in [0.5, 0.6) is 0 Å². The first-order valence-electron chi connectivity index (χ1n) is 5.98. The zero-order valence-corrected chi connectivity index (χ0v) is 10.5. The second-order valence-corrected chi connectivity index (χ2v) is 4.60. The smallest absolute Gasteiger partial charge is 0.130 e. The minimum Gasteiger partial charge on any atom is -0.300 e. The fraction of sp³-hybridized carbons (Fsp3) is 0.846. The molecule has 2 nitrogen and oxygen atoms in total. The van der Waals surface area contributed by atoms with E-state index in [0.29, 0.717) is 24.7 Å². The zero-order chi connectivity index (χ0) is 11.8. The third-order valence-electron chi connectivity index (χ3n) is 2.97. The van der Waals surface area contributed by atoms with Crippen molar-refractivity contribution in [3.05, 3.63) is 0 Å². The van der Waals surface area contributed by atoms with Gasteiger partial charge in [-0.1, -0.05) is 26.7 Å². The van der Waals surface area contributed by atoms with Gasteiger partial charge in [0.25, 0.3) is 0 Å². The number of hydrogen-bond donors (Lipinski definition) is 0. The summed E-state index contributed by atoms with van der Waals surface area (Å²) in [5.74, 6) is 1.46. The van der Waals surface area contributed by atoms with Gasteiger partial charge in [-0.25, -0.2) is 0 Å². The molecule has 0 spiro atoms. The van der Waals surface area contributed by atoms with Crippen molar-refractivity contribution >= 4 is 11.6 Å². The molecule has 0 amide bonds. The number of carbonyl (C=O) groups is 2. The normalized spacial score (nSPS) is 14.7. The molecule has 0 aromatic heterocycles. The molecule has 0 rings (SSSR count). The summed E-state index contributed by atoms with van der Waals surface area (Å²) in [5, 5.41) is 0. The van der Waals surface area contributed by atoms with Crippen LogP contribution in [0.3, 0.4) is 0 Å². The molecule has 0 aromatic carbocycles. The van der Waals surface area contributed by atoms with E-state index in [1.54, 1.807) is 13.8 Å². The molecule has 0 saturated heterocycles. The lowest BCUT2D eigenvalue weighted by atomic mass is 9.85. The third-order valence-corrected chi connectivity index (χ3v) is 2.97. The highest BCUT2D eigenvalue weighted by atomic mass is 16.1. The van der Waals surface area contributed by atoms with E-state index < -0.39 is 0 Å².